The van der Waals surface area contributed by atoms with Crippen molar-refractivity contribution in [1.82, 2.24) is 10.2 Å². The quantitative estimate of drug-likeness (QED) is 0.899. The van der Waals surface area contributed by atoms with Crippen LogP contribution in [0, 0.1) is 0 Å². The highest BCUT2D eigenvalue weighted by molar-refractivity contribution is 5.83. The number of amides is 1. The lowest BCUT2D eigenvalue weighted by atomic mass is 10.0. The molecule has 2 N–H and O–H groups in total. The zero-order valence-corrected chi connectivity index (χ0v) is 12.3. The minimum absolute atomic E-state index is 0.338. The Bertz CT molecular complexity index is 611. The molecule has 1 aromatic heterocycles. The van der Waals surface area contributed by atoms with Crippen LogP contribution >= 0.6 is 0 Å². The molecule has 0 aliphatic heterocycles. The Kier molecular flexibility index (Phi) is 4.71. The maximum atomic E-state index is 11.1. The van der Waals surface area contributed by atoms with Gasteiger partial charge in [-0.05, 0) is 29.7 Å². The van der Waals surface area contributed by atoms with E-state index in [1.54, 1.807) is 12.1 Å². The summed E-state index contributed by atoms with van der Waals surface area (Å²) in [6.07, 6.45) is -0.574. The summed E-state index contributed by atoms with van der Waals surface area (Å²) in [6.45, 7) is 4.27. The van der Waals surface area contributed by atoms with E-state index in [4.69, 9.17) is 0 Å². The average molecular weight is 286 g/mol. The van der Waals surface area contributed by atoms with Gasteiger partial charge in [-0.25, -0.2) is 4.79 Å². The first kappa shape index (κ1) is 14.8. The predicted molar refractivity (Wildman–Crippen MR) is 81.9 cm³/mol. The van der Waals surface area contributed by atoms with E-state index < -0.39 is 6.09 Å². The molecule has 0 atom stereocenters. The Hall–Kier alpha value is -2.63. The van der Waals surface area contributed by atoms with Gasteiger partial charge in [-0.3, -0.25) is 5.32 Å². The summed E-state index contributed by atoms with van der Waals surface area (Å²) in [5.74, 6) is 1.35. The molecule has 0 saturated carbocycles. The summed E-state index contributed by atoms with van der Waals surface area (Å²) >= 11 is 0. The number of nitrogens with zero attached hydrogens (tertiary/aromatic N) is 2. The minimum atomic E-state index is -0.574. The summed E-state index contributed by atoms with van der Waals surface area (Å²) in [5, 5.41) is 13.6. The van der Waals surface area contributed by atoms with Crippen LogP contribution in [0.4, 0.5) is 22.1 Å². The molecule has 0 radical (unpaired) electrons. The third kappa shape index (κ3) is 3.92. The lowest BCUT2D eigenvalue weighted by Gasteiger charge is -2.13. The van der Waals surface area contributed by atoms with Crippen molar-refractivity contribution in [2.45, 2.75) is 19.8 Å². The third-order valence-electron chi connectivity index (χ3n) is 2.93. The number of aromatic nitrogens is 2. The Balaban J connectivity index is 2.12. The molecule has 1 heterocycles. The number of ether oxygens (including phenoxy) is 1. The summed E-state index contributed by atoms with van der Waals surface area (Å²) in [4.78, 5) is 11.1. The van der Waals surface area contributed by atoms with E-state index in [0.717, 1.165) is 5.69 Å². The first-order chi connectivity index (χ1) is 10.1. The van der Waals surface area contributed by atoms with E-state index >= 15 is 0 Å². The monoisotopic (exact) mass is 286 g/mol. The summed E-state index contributed by atoms with van der Waals surface area (Å²) in [7, 11) is 1.29. The van der Waals surface area contributed by atoms with Gasteiger partial charge in [0.1, 0.15) is 0 Å². The summed E-state index contributed by atoms with van der Waals surface area (Å²) in [5.41, 5.74) is 2.20. The number of carbonyl (C=O) groups excluding carboxylic acids is 1. The Morgan fingerprint density at radius 2 is 1.76 bits per heavy atom. The van der Waals surface area contributed by atoms with Gasteiger partial charge in [0.15, 0.2) is 11.6 Å². The topological polar surface area (TPSA) is 76.1 Å². The van der Waals surface area contributed by atoms with E-state index in [1.807, 2.05) is 18.2 Å². The van der Waals surface area contributed by atoms with E-state index in [2.05, 4.69) is 45.5 Å². The van der Waals surface area contributed by atoms with Crippen LogP contribution < -0.4 is 10.6 Å². The maximum Gasteiger partial charge on any atom is 0.412 e. The zero-order chi connectivity index (χ0) is 15.2. The number of benzene rings is 1. The van der Waals surface area contributed by atoms with E-state index in [1.165, 1.54) is 12.7 Å². The summed E-state index contributed by atoms with van der Waals surface area (Å²) < 4.78 is 4.49. The van der Waals surface area contributed by atoms with Crippen LogP contribution in [-0.4, -0.2) is 23.4 Å². The molecule has 0 saturated heterocycles. The molecule has 0 spiro atoms. The van der Waals surface area contributed by atoms with Crippen molar-refractivity contribution in [1.29, 1.82) is 0 Å². The van der Waals surface area contributed by atoms with Gasteiger partial charge in [-0.1, -0.05) is 32.0 Å². The van der Waals surface area contributed by atoms with Crippen LogP contribution in [0.5, 0.6) is 0 Å². The first-order valence-electron chi connectivity index (χ1n) is 6.65. The molecule has 2 aromatic rings. The fourth-order valence-electron chi connectivity index (χ4n) is 1.87. The highest BCUT2D eigenvalue weighted by Crippen LogP contribution is 2.26. The van der Waals surface area contributed by atoms with Gasteiger partial charge in [0.2, 0.25) is 0 Å². The molecular formula is C15H18N4O2. The minimum Gasteiger partial charge on any atom is -0.453 e. The Morgan fingerprint density at radius 3 is 2.38 bits per heavy atom. The largest absolute Gasteiger partial charge is 0.453 e. The van der Waals surface area contributed by atoms with Crippen LogP contribution in [0.3, 0.4) is 0 Å². The Labute approximate surface area is 123 Å². The lowest BCUT2D eigenvalue weighted by molar-refractivity contribution is 0.187. The molecule has 0 unspecified atom stereocenters. The van der Waals surface area contributed by atoms with Gasteiger partial charge < -0.3 is 10.1 Å². The smallest absolute Gasteiger partial charge is 0.412 e. The highest BCUT2D eigenvalue weighted by atomic mass is 16.5. The molecule has 0 aliphatic carbocycles. The second-order valence-electron chi connectivity index (χ2n) is 4.79. The van der Waals surface area contributed by atoms with E-state index in [0.29, 0.717) is 17.6 Å². The third-order valence-corrected chi connectivity index (χ3v) is 2.93. The normalized spacial score (nSPS) is 10.3. The number of carbonyl (C=O) groups is 1. The first-order valence-corrected chi connectivity index (χ1v) is 6.65. The van der Waals surface area contributed by atoms with Gasteiger partial charge in [0.25, 0.3) is 0 Å². The van der Waals surface area contributed by atoms with Crippen LogP contribution in [0.25, 0.3) is 0 Å². The molecule has 1 amide bonds. The van der Waals surface area contributed by atoms with Gasteiger partial charge in [0, 0.05) is 5.69 Å². The number of rotatable bonds is 4. The number of para-hydroxylation sites is 1. The number of hydrogen-bond donors (Lipinski definition) is 2. The van der Waals surface area contributed by atoms with Gasteiger partial charge in [-0.2, -0.15) is 0 Å². The molecule has 2 rings (SSSR count). The molecule has 0 fully saturated rings. The lowest BCUT2D eigenvalue weighted by Crippen LogP contribution is -2.12. The van der Waals surface area contributed by atoms with Crippen LogP contribution in [0.2, 0.25) is 0 Å². The average Bonchev–Trinajstić information content (AvgIpc) is 2.49. The second-order valence-corrected chi connectivity index (χ2v) is 4.79. The van der Waals surface area contributed by atoms with Crippen molar-refractivity contribution in [3.8, 4) is 0 Å². The van der Waals surface area contributed by atoms with Crippen molar-refractivity contribution in [2.24, 2.45) is 0 Å². The highest BCUT2D eigenvalue weighted by Gasteiger charge is 2.07. The van der Waals surface area contributed by atoms with Crippen molar-refractivity contribution in [3.63, 3.8) is 0 Å². The van der Waals surface area contributed by atoms with E-state index in [-0.39, 0.29) is 0 Å². The van der Waals surface area contributed by atoms with Gasteiger partial charge >= 0.3 is 6.09 Å². The second kappa shape index (κ2) is 6.69. The molecule has 0 bridgehead atoms. The standard InChI is InChI=1S/C15H18N4O2/c1-10(2)11-6-4-5-7-12(11)16-13-8-9-14(19-18-13)17-15(20)21-3/h4-10H,1-3H3,(H,16,18)(H,17,19,20). The van der Waals surface area contributed by atoms with Crippen LogP contribution in [-0.2, 0) is 4.74 Å². The number of methoxy groups -OCH3 is 1. The SMILES string of the molecule is COC(=O)Nc1ccc(Nc2ccccc2C(C)C)nn1. The predicted octanol–water partition coefficient (Wildman–Crippen LogP) is 3.52. The van der Waals surface area contributed by atoms with Crippen LogP contribution in [0.1, 0.15) is 25.3 Å². The van der Waals surface area contributed by atoms with E-state index in [9.17, 15) is 4.79 Å². The van der Waals surface area contributed by atoms with Gasteiger partial charge in [-0.15, -0.1) is 10.2 Å². The van der Waals surface area contributed by atoms with Crippen molar-refractivity contribution in [3.05, 3.63) is 42.0 Å². The van der Waals surface area contributed by atoms with Crippen molar-refractivity contribution < 1.29 is 9.53 Å². The molecule has 110 valence electrons. The number of anilines is 3. The molecule has 6 heteroatoms. The molecule has 21 heavy (non-hydrogen) atoms. The Morgan fingerprint density at radius 1 is 1.10 bits per heavy atom. The molecule has 6 nitrogen and oxygen atoms in total. The van der Waals surface area contributed by atoms with Crippen LogP contribution in [0.15, 0.2) is 36.4 Å². The van der Waals surface area contributed by atoms with Crippen molar-refractivity contribution >= 4 is 23.4 Å². The summed E-state index contributed by atoms with van der Waals surface area (Å²) in [6, 6.07) is 11.5. The number of nitrogens with one attached hydrogen (secondary N) is 2. The fourth-order valence-corrected chi connectivity index (χ4v) is 1.87. The molecular weight excluding hydrogens is 268 g/mol. The maximum absolute atomic E-state index is 11.1. The fraction of sp³-hybridized carbons (Fsp3) is 0.267. The number of hydrogen-bond acceptors (Lipinski definition) is 5. The van der Waals surface area contributed by atoms with Gasteiger partial charge in [0.05, 0.1) is 7.11 Å². The van der Waals surface area contributed by atoms with Crippen molar-refractivity contribution in [2.75, 3.05) is 17.7 Å². The molecule has 1 aromatic carbocycles. The molecule has 0 aliphatic rings. The zero-order valence-electron chi connectivity index (χ0n) is 12.3.